The normalized spacial score (nSPS) is 11.8. The number of hydrogen-bond acceptors (Lipinski definition) is 6. The first-order chi connectivity index (χ1) is 15.4. The summed E-state index contributed by atoms with van der Waals surface area (Å²) in [5, 5.41) is 12.6. The van der Waals surface area contributed by atoms with E-state index in [2.05, 4.69) is 21.2 Å². The molecule has 7 nitrogen and oxygen atoms in total. The zero-order valence-corrected chi connectivity index (χ0v) is 19.3. The average Bonchev–Trinajstić information content (AvgIpc) is 3.25. The first-order valence-corrected chi connectivity index (χ1v) is 10.8. The highest BCUT2D eigenvalue weighted by Gasteiger charge is 2.16. The van der Waals surface area contributed by atoms with Crippen LogP contribution in [0.3, 0.4) is 0 Å². The molecule has 0 unspecified atom stereocenters. The minimum absolute atomic E-state index is 0.0442. The monoisotopic (exact) mass is 519 g/mol. The van der Waals surface area contributed by atoms with E-state index >= 15 is 0 Å². The van der Waals surface area contributed by atoms with Gasteiger partial charge in [0.1, 0.15) is 6.61 Å². The molecule has 0 saturated heterocycles. The number of hydrogen-bond donors (Lipinski definition) is 2. The number of benzene rings is 3. The molecular formula is C23H19BrClNO6. The Labute approximate surface area is 197 Å². The Kier molecular flexibility index (Phi) is 6.62. The zero-order valence-electron chi connectivity index (χ0n) is 17.0. The van der Waals surface area contributed by atoms with E-state index in [0.717, 1.165) is 21.3 Å². The minimum Gasteiger partial charge on any atom is -0.493 e. The maximum atomic E-state index is 11.3. The Morgan fingerprint density at radius 2 is 1.94 bits per heavy atom. The van der Waals surface area contributed by atoms with E-state index in [1.54, 1.807) is 19.2 Å². The number of carboxylic acids is 1. The molecule has 0 fully saturated rings. The van der Waals surface area contributed by atoms with Gasteiger partial charge in [-0.15, -0.1) is 0 Å². The number of carboxylic acid groups (broad SMARTS) is 1. The highest BCUT2D eigenvalue weighted by atomic mass is 79.9. The van der Waals surface area contributed by atoms with Crippen LogP contribution in [0.1, 0.15) is 21.5 Å². The van der Waals surface area contributed by atoms with Gasteiger partial charge in [0.15, 0.2) is 23.0 Å². The molecule has 9 heteroatoms. The minimum atomic E-state index is -1.08. The van der Waals surface area contributed by atoms with Crippen molar-refractivity contribution in [3.63, 3.8) is 0 Å². The predicted octanol–water partition coefficient (Wildman–Crippen LogP) is 5.73. The Bertz CT molecular complexity index is 1170. The van der Waals surface area contributed by atoms with Crippen LogP contribution in [0.5, 0.6) is 23.0 Å². The van der Waals surface area contributed by atoms with Crippen LogP contribution in [0.4, 0.5) is 5.69 Å². The van der Waals surface area contributed by atoms with E-state index in [1.165, 1.54) is 6.07 Å². The van der Waals surface area contributed by atoms with Gasteiger partial charge in [0, 0.05) is 12.2 Å². The molecular weight excluding hydrogens is 502 g/mol. The van der Waals surface area contributed by atoms with E-state index < -0.39 is 5.97 Å². The molecule has 3 aromatic carbocycles. The molecule has 3 aromatic rings. The standard InChI is InChI=1S/C23H19BrClNO6/c1-29-21-8-14(10-26-15-3-4-18(25)16(9-15)23(27)28)6-17(24)22(21)30-11-13-2-5-19-20(7-13)32-12-31-19/h2-9,26H,10-12H2,1H3,(H,27,28). The average molecular weight is 521 g/mol. The number of rotatable bonds is 8. The van der Waals surface area contributed by atoms with Crippen molar-refractivity contribution in [3.8, 4) is 23.0 Å². The Balaban J connectivity index is 1.46. The van der Waals surface area contributed by atoms with E-state index in [1.807, 2.05) is 30.3 Å². The van der Waals surface area contributed by atoms with Gasteiger partial charge in [-0.3, -0.25) is 0 Å². The van der Waals surface area contributed by atoms with E-state index in [0.29, 0.717) is 36.1 Å². The van der Waals surface area contributed by atoms with Crippen LogP contribution in [-0.2, 0) is 13.2 Å². The molecule has 1 heterocycles. The third-order valence-corrected chi connectivity index (χ3v) is 5.72. The number of carbonyl (C=O) groups is 1. The van der Waals surface area contributed by atoms with Crippen LogP contribution in [0.2, 0.25) is 5.02 Å². The summed E-state index contributed by atoms with van der Waals surface area (Å²) >= 11 is 9.49. The first-order valence-electron chi connectivity index (χ1n) is 9.59. The molecule has 0 aliphatic carbocycles. The summed E-state index contributed by atoms with van der Waals surface area (Å²) in [5.41, 5.74) is 2.54. The molecule has 0 atom stereocenters. The maximum Gasteiger partial charge on any atom is 0.337 e. The van der Waals surface area contributed by atoms with E-state index in [-0.39, 0.29) is 17.4 Å². The molecule has 0 amide bonds. The smallest absolute Gasteiger partial charge is 0.337 e. The summed E-state index contributed by atoms with van der Waals surface area (Å²) < 4.78 is 23.0. The third-order valence-electron chi connectivity index (χ3n) is 4.80. The number of methoxy groups -OCH3 is 1. The van der Waals surface area contributed by atoms with Crippen molar-refractivity contribution >= 4 is 39.2 Å². The second kappa shape index (κ2) is 9.58. The second-order valence-electron chi connectivity index (χ2n) is 6.94. The fourth-order valence-corrected chi connectivity index (χ4v) is 4.01. The Morgan fingerprint density at radius 3 is 2.72 bits per heavy atom. The topological polar surface area (TPSA) is 86.3 Å². The van der Waals surface area contributed by atoms with Crippen LogP contribution in [0, 0.1) is 0 Å². The van der Waals surface area contributed by atoms with Gasteiger partial charge in [-0.1, -0.05) is 17.7 Å². The van der Waals surface area contributed by atoms with Gasteiger partial charge in [-0.25, -0.2) is 4.79 Å². The summed E-state index contributed by atoms with van der Waals surface area (Å²) in [6.07, 6.45) is 0. The van der Waals surface area contributed by atoms with Crippen LogP contribution in [0.25, 0.3) is 0 Å². The lowest BCUT2D eigenvalue weighted by Crippen LogP contribution is -2.04. The van der Waals surface area contributed by atoms with Crippen molar-refractivity contribution in [3.05, 3.63) is 74.7 Å². The van der Waals surface area contributed by atoms with Gasteiger partial charge in [0.05, 0.1) is 22.2 Å². The van der Waals surface area contributed by atoms with Gasteiger partial charge in [-0.2, -0.15) is 0 Å². The van der Waals surface area contributed by atoms with Gasteiger partial charge >= 0.3 is 5.97 Å². The summed E-state index contributed by atoms with van der Waals surface area (Å²) in [7, 11) is 1.57. The number of nitrogens with one attached hydrogen (secondary N) is 1. The van der Waals surface area contributed by atoms with Crippen LogP contribution >= 0.6 is 27.5 Å². The summed E-state index contributed by atoms with van der Waals surface area (Å²) in [6.45, 7) is 0.992. The van der Waals surface area contributed by atoms with Crippen LogP contribution in [0.15, 0.2) is 53.0 Å². The van der Waals surface area contributed by atoms with Crippen LogP contribution < -0.4 is 24.3 Å². The molecule has 1 aliphatic heterocycles. The Morgan fingerprint density at radius 1 is 1.12 bits per heavy atom. The van der Waals surface area contributed by atoms with Crippen molar-refractivity contribution in [2.75, 3.05) is 19.2 Å². The number of halogens is 2. The molecule has 166 valence electrons. The first kappa shape index (κ1) is 22.1. The lowest BCUT2D eigenvalue weighted by Gasteiger charge is -2.15. The maximum absolute atomic E-state index is 11.3. The third kappa shape index (κ3) is 4.87. The second-order valence-corrected chi connectivity index (χ2v) is 8.20. The highest BCUT2D eigenvalue weighted by Crippen LogP contribution is 2.38. The predicted molar refractivity (Wildman–Crippen MR) is 123 cm³/mol. The van der Waals surface area contributed by atoms with Crippen molar-refractivity contribution in [2.24, 2.45) is 0 Å². The fraction of sp³-hybridized carbons (Fsp3) is 0.174. The molecule has 0 spiro atoms. The lowest BCUT2D eigenvalue weighted by molar-refractivity contribution is 0.0697. The van der Waals surface area contributed by atoms with Crippen molar-refractivity contribution in [1.82, 2.24) is 0 Å². The highest BCUT2D eigenvalue weighted by molar-refractivity contribution is 9.10. The summed E-state index contributed by atoms with van der Waals surface area (Å²) in [6, 6.07) is 14.2. The fourth-order valence-electron chi connectivity index (χ4n) is 3.20. The Hall–Kier alpha value is -3.10. The molecule has 0 aromatic heterocycles. The summed E-state index contributed by atoms with van der Waals surface area (Å²) in [5.74, 6) is 1.49. The van der Waals surface area contributed by atoms with Crippen molar-refractivity contribution in [2.45, 2.75) is 13.2 Å². The van der Waals surface area contributed by atoms with Crippen molar-refractivity contribution < 1.29 is 28.8 Å². The molecule has 32 heavy (non-hydrogen) atoms. The van der Waals surface area contributed by atoms with Gasteiger partial charge in [0.2, 0.25) is 6.79 Å². The SMILES string of the molecule is COc1cc(CNc2ccc(Cl)c(C(=O)O)c2)cc(Br)c1OCc1ccc2c(c1)OCO2. The number of aromatic carboxylic acids is 1. The molecule has 1 aliphatic rings. The molecule has 4 rings (SSSR count). The lowest BCUT2D eigenvalue weighted by atomic mass is 10.1. The quantitative estimate of drug-likeness (QED) is 0.392. The number of fused-ring (bicyclic) bond motifs is 1. The van der Waals surface area contributed by atoms with Gasteiger partial charge < -0.3 is 29.4 Å². The molecule has 2 N–H and O–H groups in total. The van der Waals surface area contributed by atoms with E-state index in [4.69, 9.17) is 30.5 Å². The molecule has 0 saturated carbocycles. The van der Waals surface area contributed by atoms with E-state index in [9.17, 15) is 9.90 Å². The van der Waals surface area contributed by atoms with Crippen molar-refractivity contribution in [1.29, 1.82) is 0 Å². The number of anilines is 1. The van der Waals surface area contributed by atoms with Gasteiger partial charge in [-0.05, 0) is 69.5 Å². The molecule has 0 radical (unpaired) electrons. The largest absolute Gasteiger partial charge is 0.493 e. The van der Waals surface area contributed by atoms with Gasteiger partial charge in [0.25, 0.3) is 0 Å². The number of ether oxygens (including phenoxy) is 4. The molecule has 0 bridgehead atoms. The zero-order chi connectivity index (χ0) is 22.7. The van der Waals surface area contributed by atoms with Crippen LogP contribution in [-0.4, -0.2) is 25.0 Å². The summed E-state index contributed by atoms with van der Waals surface area (Å²) in [4.78, 5) is 11.3.